The van der Waals surface area contributed by atoms with Gasteiger partial charge in [0.2, 0.25) is 0 Å². The molecular weight excluding hydrogens is 234 g/mol. The number of amides is 1. The predicted octanol–water partition coefficient (Wildman–Crippen LogP) is 2.12. The molecule has 0 saturated carbocycles. The van der Waals surface area contributed by atoms with Crippen molar-refractivity contribution in [2.75, 3.05) is 14.2 Å². The first-order valence-corrected chi connectivity index (χ1v) is 6.20. The summed E-state index contributed by atoms with van der Waals surface area (Å²) < 4.78 is 9.49. The first-order valence-electron chi connectivity index (χ1n) is 6.20. The maximum Gasteiger partial charge on any atom is 0.410 e. The van der Waals surface area contributed by atoms with E-state index in [9.17, 15) is 9.59 Å². The zero-order valence-electron chi connectivity index (χ0n) is 11.2. The Morgan fingerprint density at radius 2 is 2.00 bits per heavy atom. The molecule has 5 heteroatoms. The Labute approximate surface area is 108 Å². The standard InChI is InChI=1S/C13H21NO4/c1-4-6-10-7-5-8-11(9-12(15)17-2)14(10)13(16)18-3/h4,6,10-11H,5,7-9H2,1-3H3/b6-4+/t10-,11-/m0/s1. The second kappa shape index (κ2) is 7.03. The molecule has 1 aliphatic heterocycles. The summed E-state index contributed by atoms with van der Waals surface area (Å²) in [7, 11) is 2.72. The summed E-state index contributed by atoms with van der Waals surface area (Å²) in [6.45, 7) is 1.92. The van der Waals surface area contributed by atoms with Crippen molar-refractivity contribution in [3.63, 3.8) is 0 Å². The van der Waals surface area contributed by atoms with Crippen molar-refractivity contribution in [1.29, 1.82) is 0 Å². The largest absolute Gasteiger partial charge is 0.469 e. The molecule has 0 aromatic heterocycles. The molecule has 1 fully saturated rings. The van der Waals surface area contributed by atoms with Gasteiger partial charge < -0.3 is 9.47 Å². The van der Waals surface area contributed by atoms with Gasteiger partial charge in [-0.15, -0.1) is 0 Å². The smallest absolute Gasteiger partial charge is 0.410 e. The summed E-state index contributed by atoms with van der Waals surface area (Å²) in [5.74, 6) is -0.296. The Kier molecular flexibility index (Phi) is 5.68. The number of hydrogen-bond acceptors (Lipinski definition) is 4. The van der Waals surface area contributed by atoms with E-state index >= 15 is 0 Å². The van der Waals surface area contributed by atoms with E-state index in [1.807, 2.05) is 19.1 Å². The highest BCUT2D eigenvalue weighted by Crippen LogP contribution is 2.27. The zero-order chi connectivity index (χ0) is 13.5. The van der Waals surface area contributed by atoms with E-state index in [1.165, 1.54) is 14.2 Å². The average molecular weight is 255 g/mol. The minimum Gasteiger partial charge on any atom is -0.469 e. The van der Waals surface area contributed by atoms with Crippen LogP contribution in [0.5, 0.6) is 0 Å². The fourth-order valence-corrected chi connectivity index (χ4v) is 2.39. The van der Waals surface area contributed by atoms with E-state index in [0.717, 1.165) is 19.3 Å². The molecule has 0 N–H and O–H groups in total. The molecule has 2 atom stereocenters. The second-order valence-electron chi connectivity index (χ2n) is 4.34. The lowest BCUT2D eigenvalue weighted by molar-refractivity contribution is -0.142. The van der Waals surface area contributed by atoms with Gasteiger partial charge in [-0.05, 0) is 26.2 Å². The number of piperidine rings is 1. The van der Waals surface area contributed by atoms with Crippen LogP contribution >= 0.6 is 0 Å². The van der Waals surface area contributed by atoms with Crippen LogP contribution in [-0.2, 0) is 14.3 Å². The molecule has 0 aliphatic carbocycles. The number of carbonyl (C=O) groups excluding carboxylic acids is 2. The van der Waals surface area contributed by atoms with Crippen molar-refractivity contribution in [1.82, 2.24) is 4.90 Å². The Morgan fingerprint density at radius 3 is 2.56 bits per heavy atom. The molecule has 1 heterocycles. The maximum atomic E-state index is 11.9. The van der Waals surface area contributed by atoms with Gasteiger partial charge in [0.25, 0.3) is 0 Å². The van der Waals surface area contributed by atoms with Crippen LogP contribution in [-0.4, -0.2) is 43.3 Å². The normalized spacial score (nSPS) is 24.1. The minimum absolute atomic E-state index is 0.00542. The van der Waals surface area contributed by atoms with Crippen molar-refractivity contribution < 1.29 is 19.1 Å². The summed E-state index contributed by atoms with van der Waals surface area (Å²) >= 11 is 0. The molecule has 102 valence electrons. The molecule has 1 saturated heterocycles. The fraction of sp³-hybridized carbons (Fsp3) is 0.692. The fourth-order valence-electron chi connectivity index (χ4n) is 2.39. The maximum absolute atomic E-state index is 11.9. The lowest BCUT2D eigenvalue weighted by Gasteiger charge is -2.39. The highest BCUT2D eigenvalue weighted by molar-refractivity contribution is 5.73. The molecule has 5 nitrogen and oxygen atoms in total. The monoisotopic (exact) mass is 255 g/mol. The van der Waals surface area contributed by atoms with E-state index in [-0.39, 0.29) is 30.6 Å². The minimum atomic E-state index is -0.383. The van der Waals surface area contributed by atoms with Crippen molar-refractivity contribution in [2.24, 2.45) is 0 Å². The third kappa shape index (κ3) is 3.48. The SMILES string of the molecule is C/C=C/[C@H]1CCC[C@@H](CC(=O)OC)N1C(=O)OC. The van der Waals surface area contributed by atoms with Gasteiger partial charge in [-0.2, -0.15) is 0 Å². The van der Waals surface area contributed by atoms with Gasteiger partial charge in [0, 0.05) is 6.04 Å². The third-order valence-electron chi connectivity index (χ3n) is 3.22. The Balaban J connectivity index is 2.84. The number of rotatable bonds is 3. The molecule has 1 rings (SSSR count). The van der Waals surface area contributed by atoms with Gasteiger partial charge in [-0.25, -0.2) is 4.79 Å². The molecule has 0 aromatic carbocycles. The molecule has 1 aliphatic rings. The van der Waals surface area contributed by atoms with Gasteiger partial charge in [0.05, 0.1) is 26.7 Å². The second-order valence-corrected chi connectivity index (χ2v) is 4.34. The molecular formula is C13H21NO4. The van der Waals surface area contributed by atoms with E-state index in [0.29, 0.717) is 0 Å². The summed E-state index contributed by atoms with van der Waals surface area (Å²) in [5.41, 5.74) is 0. The Bertz CT molecular complexity index is 327. The Morgan fingerprint density at radius 1 is 1.28 bits per heavy atom. The average Bonchev–Trinajstić information content (AvgIpc) is 2.38. The summed E-state index contributed by atoms with van der Waals surface area (Å²) in [6.07, 6.45) is 6.42. The van der Waals surface area contributed by atoms with Crippen LogP contribution in [0, 0.1) is 0 Å². The van der Waals surface area contributed by atoms with Crippen LogP contribution in [0.3, 0.4) is 0 Å². The van der Waals surface area contributed by atoms with Crippen LogP contribution in [0.1, 0.15) is 32.6 Å². The molecule has 0 radical (unpaired) electrons. The number of likely N-dealkylation sites (tertiary alicyclic amines) is 1. The van der Waals surface area contributed by atoms with Crippen LogP contribution in [0.2, 0.25) is 0 Å². The molecule has 1 amide bonds. The van der Waals surface area contributed by atoms with Crippen LogP contribution in [0.4, 0.5) is 4.79 Å². The molecule has 0 bridgehead atoms. The zero-order valence-corrected chi connectivity index (χ0v) is 11.2. The molecule has 0 spiro atoms. The third-order valence-corrected chi connectivity index (χ3v) is 3.22. The van der Waals surface area contributed by atoms with Crippen molar-refractivity contribution >= 4 is 12.1 Å². The van der Waals surface area contributed by atoms with Gasteiger partial charge in [0.15, 0.2) is 0 Å². The highest BCUT2D eigenvalue weighted by atomic mass is 16.5. The number of methoxy groups -OCH3 is 2. The quantitative estimate of drug-likeness (QED) is 0.572. The van der Waals surface area contributed by atoms with Gasteiger partial charge in [-0.3, -0.25) is 9.69 Å². The molecule has 18 heavy (non-hydrogen) atoms. The van der Waals surface area contributed by atoms with E-state index in [2.05, 4.69) is 4.74 Å². The summed E-state index contributed by atoms with van der Waals surface area (Å²) in [6, 6.07) is -0.134. The highest BCUT2D eigenvalue weighted by Gasteiger charge is 2.34. The number of allylic oxidation sites excluding steroid dienone is 1. The first-order chi connectivity index (χ1) is 8.63. The Hall–Kier alpha value is -1.52. The van der Waals surface area contributed by atoms with Crippen LogP contribution in [0.15, 0.2) is 12.2 Å². The number of esters is 1. The lowest BCUT2D eigenvalue weighted by atomic mass is 9.93. The predicted molar refractivity (Wildman–Crippen MR) is 67.1 cm³/mol. The van der Waals surface area contributed by atoms with E-state index in [1.54, 1.807) is 4.90 Å². The summed E-state index contributed by atoms with van der Waals surface area (Å²) in [4.78, 5) is 24.9. The van der Waals surface area contributed by atoms with Crippen molar-refractivity contribution in [3.05, 3.63) is 12.2 Å². The van der Waals surface area contributed by atoms with Crippen molar-refractivity contribution in [3.8, 4) is 0 Å². The topological polar surface area (TPSA) is 55.8 Å². The summed E-state index contributed by atoms with van der Waals surface area (Å²) in [5, 5.41) is 0. The number of nitrogens with zero attached hydrogens (tertiary/aromatic N) is 1. The van der Waals surface area contributed by atoms with E-state index in [4.69, 9.17) is 4.74 Å². The molecule has 0 unspecified atom stereocenters. The lowest BCUT2D eigenvalue weighted by Crippen LogP contribution is -2.50. The van der Waals surface area contributed by atoms with Crippen LogP contribution < -0.4 is 0 Å². The number of hydrogen-bond donors (Lipinski definition) is 0. The molecule has 0 aromatic rings. The number of carbonyl (C=O) groups is 2. The van der Waals surface area contributed by atoms with Crippen LogP contribution in [0.25, 0.3) is 0 Å². The van der Waals surface area contributed by atoms with Gasteiger partial charge in [0.1, 0.15) is 0 Å². The first kappa shape index (κ1) is 14.5. The van der Waals surface area contributed by atoms with Crippen molar-refractivity contribution in [2.45, 2.75) is 44.7 Å². The van der Waals surface area contributed by atoms with E-state index < -0.39 is 0 Å². The van der Waals surface area contributed by atoms with Gasteiger partial charge >= 0.3 is 12.1 Å². The van der Waals surface area contributed by atoms with Gasteiger partial charge in [-0.1, -0.05) is 12.2 Å². The number of ether oxygens (including phenoxy) is 2.